The second kappa shape index (κ2) is 6.80. The van der Waals surface area contributed by atoms with Gasteiger partial charge >= 0.3 is 0 Å². The Morgan fingerprint density at radius 3 is 2.91 bits per heavy atom. The minimum absolute atomic E-state index is 0.181. The first-order valence-electron chi connectivity index (χ1n) is 6.82. The fraction of sp³-hybridized carbons (Fsp3) is 0.125. The van der Waals surface area contributed by atoms with Crippen molar-refractivity contribution < 1.29 is 9.18 Å². The van der Waals surface area contributed by atoms with E-state index in [1.54, 1.807) is 18.5 Å². The van der Waals surface area contributed by atoms with Gasteiger partial charge in [0.15, 0.2) is 0 Å². The van der Waals surface area contributed by atoms with Crippen LogP contribution < -0.4 is 5.32 Å². The molecule has 0 radical (unpaired) electrons. The zero-order chi connectivity index (χ0) is 16.4. The smallest absolute Gasteiger partial charge is 0.235 e. The topological polar surface area (TPSA) is 46.9 Å². The third-order valence-electron chi connectivity index (χ3n) is 3.39. The van der Waals surface area contributed by atoms with Crippen molar-refractivity contribution in [2.45, 2.75) is 6.54 Å². The molecule has 1 aromatic heterocycles. The summed E-state index contributed by atoms with van der Waals surface area (Å²) in [5.74, 6) is -0.502. The first-order valence-corrected chi connectivity index (χ1v) is 8.73. The fourth-order valence-corrected chi connectivity index (χ4v) is 2.93. The van der Waals surface area contributed by atoms with Crippen LogP contribution in [0.1, 0.15) is 5.56 Å². The van der Waals surface area contributed by atoms with E-state index in [-0.39, 0.29) is 17.1 Å². The number of amides is 1. The molecule has 4 nitrogen and oxygen atoms in total. The molecule has 0 bridgehead atoms. The number of benzene rings is 2. The van der Waals surface area contributed by atoms with Gasteiger partial charge in [0.1, 0.15) is 11.3 Å². The number of aromatic nitrogens is 2. The van der Waals surface area contributed by atoms with Crippen molar-refractivity contribution in [2.75, 3.05) is 10.6 Å². The predicted molar refractivity (Wildman–Crippen MR) is 95.4 cm³/mol. The highest BCUT2D eigenvalue weighted by Crippen LogP contribution is 2.24. The zero-order valence-corrected chi connectivity index (χ0v) is 15.1. The molecule has 0 atom stereocenters. The number of alkyl halides is 1. The van der Waals surface area contributed by atoms with E-state index in [0.717, 1.165) is 15.5 Å². The minimum atomic E-state index is -0.321. The van der Waals surface area contributed by atoms with Gasteiger partial charge in [0.25, 0.3) is 0 Å². The first kappa shape index (κ1) is 16.1. The van der Waals surface area contributed by atoms with Crippen LogP contribution in [0.5, 0.6) is 0 Å². The van der Waals surface area contributed by atoms with Gasteiger partial charge in [0.2, 0.25) is 5.91 Å². The average molecular weight is 441 g/mol. The van der Waals surface area contributed by atoms with Crippen molar-refractivity contribution >= 4 is 54.5 Å². The van der Waals surface area contributed by atoms with Gasteiger partial charge in [-0.3, -0.25) is 4.79 Å². The van der Waals surface area contributed by atoms with Crippen molar-refractivity contribution in [3.8, 4) is 0 Å². The zero-order valence-electron chi connectivity index (χ0n) is 11.9. The summed E-state index contributed by atoms with van der Waals surface area (Å²) in [5.41, 5.74) is 2.79. The Balaban J connectivity index is 1.93. The van der Waals surface area contributed by atoms with Crippen molar-refractivity contribution in [3.05, 3.63) is 58.6 Å². The van der Waals surface area contributed by atoms with Gasteiger partial charge < -0.3 is 9.88 Å². The lowest BCUT2D eigenvalue weighted by Crippen LogP contribution is -2.13. The highest BCUT2D eigenvalue weighted by molar-refractivity contribution is 9.10. The van der Waals surface area contributed by atoms with Crippen LogP contribution in [-0.4, -0.2) is 20.8 Å². The Kier molecular flexibility index (Phi) is 4.77. The molecule has 2 aromatic carbocycles. The van der Waals surface area contributed by atoms with E-state index in [2.05, 4.69) is 42.2 Å². The molecule has 23 heavy (non-hydrogen) atoms. The lowest BCUT2D eigenvalue weighted by atomic mass is 10.1. The van der Waals surface area contributed by atoms with Gasteiger partial charge in [-0.15, -0.1) is 0 Å². The molecule has 0 saturated carbocycles. The van der Waals surface area contributed by atoms with E-state index in [1.165, 1.54) is 6.07 Å². The van der Waals surface area contributed by atoms with Crippen LogP contribution in [0.2, 0.25) is 0 Å². The maximum atomic E-state index is 14.1. The predicted octanol–water partition coefficient (Wildman–Crippen LogP) is 4.32. The molecule has 0 spiro atoms. The van der Waals surface area contributed by atoms with Gasteiger partial charge in [0.05, 0.1) is 23.7 Å². The summed E-state index contributed by atoms with van der Waals surface area (Å²) in [6.45, 7) is 0.330. The molecule has 0 fully saturated rings. The maximum absolute atomic E-state index is 14.1. The monoisotopic (exact) mass is 439 g/mol. The van der Waals surface area contributed by atoms with Crippen LogP contribution in [0.3, 0.4) is 0 Å². The maximum Gasteiger partial charge on any atom is 0.235 e. The lowest BCUT2D eigenvalue weighted by molar-refractivity contribution is -0.113. The molecule has 7 heteroatoms. The number of para-hydroxylation sites is 1. The number of hydrogen-bond acceptors (Lipinski definition) is 2. The highest BCUT2D eigenvalue weighted by Gasteiger charge is 2.10. The van der Waals surface area contributed by atoms with Crippen molar-refractivity contribution in [1.29, 1.82) is 0 Å². The van der Waals surface area contributed by atoms with E-state index in [4.69, 9.17) is 0 Å². The molecule has 1 amide bonds. The molecule has 1 heterocycles. The number of nitrogens with one attached hydrogen (secondary N) is 1. The first-order chi connectivity index (χ1) is 11.1. The summed E-state index contributed by atoms with van der Waals surface area (Å²) in [6.07, 6.45) is 1.68. The van der Waals surface area contributed by atoms with Crippen LogP contribution in [0, 0.1) is 5.82 Å². The largest absolute Gasteiger partial charge is 0.326 e. The molecule has 0 aliphatic heterocycles. The van der Waals surface area contributed by atoms with E-state index < -0.39 is 0 Å². The molecule has 1 N–H and O–H groups in total. The third kappa shape index (κ3) is 3.45. The van der Waals surface area contributed by atoms with E-state index in [1.807, 2.05) is 22.8 Å². The van der Waals surface area contributed by atoms with Crippen LogP contribution in [0.15, 0.2) is 47.2 Å². The Hall–Kier alpha value is -1.73. The summed E-state index contributed by atoms with van der Waals surface area (Å²) in [4.78, 5) is 15.8. The second-order valence-corrected chi connectivity index (χ2v) is 6.38. The number of imidazole rings is 1. The molecule has 0 aliphatic carbocycles. The fourth-order valence-electron chi connectivity index (χ4n) is 2.33. The molecular formula is C16H12Br2FN3O. The number of carbonyl (C=O) groups is 1. The Bertz CT molecular complexity index is 879. The van der Waals surface area contributed by atoms with Gasteiger partial charge in [-0.1, -0.05) is 22.0 Å². The van der Waals surface area contributed by atoms with Gasteiger partial charge in [-0.05, 0) is 46.3 Å². The molecule has 3 rings (SSSR count). The quantitative estimate of drug-likeness (QED) is 0.614. The highest BCUT2D eigenvalue weighted by atomic mass is 79.9. The number of nitrogens with zero attached hydrogens (tertiary/aromatic N) is 2. The molecule has 0 saturated heterocycles. The number of fused-ring (bicyclic) bond motifs is 1. The molecule has 0 aliphatic rings. The van der Waals surface area contributed by atoms with Crippen LogP contribution in [0.25, 0.3) is 11.0 Å². The van der Waals surface area contributed by atoms with Crippen LogP contribution >= 0.6 is 31.9 Å². The molecule has 3 aromatic rings. The molecular weight excluding hydrogens is 429 g/mol. The van der Waals surface area contributed by atoms with Crippen LogP contribution in [0.4, 0.5) is 10.1 Å². The summed E-state index contributed by atoms with van der Waals surface area (Å²) in [6, 6.07) is 10.3. The summed E-state index contributed by atoms with van der Waals surface area (Å²) >= 11 is 6.54. The average Bonchev–Trinajstić information content (AvgIpc) is 2.95. The third-order valence-corrected chi connectivity index (χ3v) is 4.54. The minimum Gasteiger partial charge on any atom is -0.326 e. The summed E-state index contributed by atoms with van der Waals surface area (Å²) < 4.78 is 16.9. The Morgan fingerprint density at radius 1 is 1.30 bits per heavy atom. The number of halogens is 3. The summed E-state index contributed by atoms with van der Waals surface area (Å²) in [7, 11) is 0. The standard InChI is InChI=1S/C16H12Br2FN3O/c17-7-15(23)21-11-4-5-13(19)10(6-11)8-22-9-20-16-12(18)2-1-3-14(16)22/h1-6,9H,7-8H2,(H,21,23). The number of carbonyl (C=O) groups excluding carboxylic acids is 1. The van der Waals surface area contributed by atoms with Crippen LogP contribution in [-0.2, 0) is 11.3 Å². The van der Waals surface area contributed by atoms with Gasteiger partial charge in [-0.25, -0.2) is 9.37 Å². The summed E-state index contributed by atoms with van der Waals surface area (Å²) in [5, 5.41) is 2.89. The Labute approximate surface area is 149 Å². The van der Waals surface area contributed by atoms with Gasteiger partial charge in [-0.2, -0.15) is 0 Å². The van der Waals surface area contributed by atoms with Crippen molar-refractivity contribution in [1.82, 2.24) is 9.55 Å². The Morgan fingerprint density at radius 2 is 2.13 bits per heavy atom. The number of anilines is 1. The number of rotatable bonds is 4. The van der Waals surface area contributed by atoms with Crippen molar-refractivity contribution in [3.63, 3.8) is 0 Å². The second-order valence-electron chi connectivity index (χ2n) is 4.97. The van der Waals surface area contributed by atoms with E-state index in [9.17, 15) is 9.18 Å². The lowest BCUT2D eigenvalue weighted by Gasteiger charge is -2.09. The van der Waals surface area contributed by atoms with E-state index >= 15 is 0 Å². The van der Waals surface area contributed by atoms with E-state index in [0.29, 0.717) is 17.8 Å². The SMILES string of the molecule is O=C(CBr)Nc1ccc(F)c(Cn2cnc3c(Br)cccc32)c1. The molecule has 0 unspecified atom stereocenters. The normalized spacial score (nSPS) is 10.9. The molecule has 118 valence electrons. The van der Waals surface area contributed by atoms with Crippen molar-refractivity contribution in [2.24, 2.45) is 0 Å². The van der Waals surface area contributed by atoms with Gasteiger partial charge in [0, 0.05) is 15.7 Å². The number of hydrogen-bond donors (Lipinski definition) is 1.